The number of nitrogens with zero attached hydrogens (tertiary/aromatic N) is 2. The topological polar surface area (TPSA) is 40.6 Å². The van der Waals surface area contributed by atoms with Crippen LogP contribution in [0.4, 0.5) is 8.78 Å². The molecule has 0 aromatic heterocycles. The van der Waals surface area contributed by atoms with Crippen molar-refractivity contribution in [1.82, 2.24) is 9.80 Å². The Morgan fingerprint density at radius 2 is 1.77 bits per heavy atom. The maximum absolute atomic E-state index is 13.6. The van der Waals surface area contributed by atoms with Crippen LogP contribution >= 0.6 is 23.2 Å². The second-order valence-corrected chi connectivity index (χ2v) is 8.91. The fourth-order valence-corrected chi connectivity index (χ4v) is 4.97. The fraction of sp³-hybridized carbons (Fsp3) is 0.391. The van der Waals surface area contributed by atoms with Gasteiger partial charge < -0.3 is 9.80 Å². The Balaban J connectivity index is 1.56. The summed E-state index contributed by atoms with van der Waals surface area (Å²) in [5, 5.41) is 0.891. The lowest BCUT2D eigenvalue weighted by molar-refractivity contribution is -0.133. The second-order valence-electron chi connectivity index (χ2n) is 8.10. The minimum absolute atomic E-state index is 0.0499. The van der Waals surface area contributed by atoms with Crippen molar-refractivity contribution >= 4 is 35.0 Å². The molecular weight excluding hydrogens is 445 g/mol. The van der Waals surface area contributed by atoms with Gasteiger partial charge in [0.2, 0.25) is 5.91 Å². The number of hydrogen-bond acceptors (Lipinski definition) is 2. The Morgan fingerprint density at radius 1 is 1.10 bits per heavy atom. The molecule has 0 saturated carbocycles. The molecule has 4 rings (SSSR count). The van der Waals surface area contributed by atoms with Crippen LogP contribution in [0.25, 0.3) is 0 Å². The number of hydrogen-bond donors (Lipinski definition) is 0. The molecular formula is C23H22Cl2F2N2O2. The first-order chi connectivity index (χ1) is 14.7. The molecule has 164 valence electrons. The number of fused-ring (bicyclic) bond motifs is 1. The number of carbonyl (C=O) groups excluding carboxylic acids is 2. The number of amides is 2. The average molecular weight is 467 g/mol. The van der Waals surface area contributed by atoms with E-state index < -0.39 is 12.5 Å². The molecule has 2 heterocycles. The number of rotatable bonds is 3. The summed E-state index contributed by atoms with van der Waals surface area (Å²) < 4.78 is 27.2. The summed E-state index contributed by atoms with van der Waals surface area (Å²) in [7, 11) is 0. The van der Waals surface area contributed by atoms with Gasteiger partial charge in [0.05, 0.1) is 19.0 Å². The second kappa shape index (κ2) is 8.40. The van der Waals surface area contributed by atoms with Gasteiger partial charge in [-0.15, -0.1) is 0 Å². The van der Waals surface area contributed by atoms with Crippen LogP contribution < -0.4 is 0 Å². The zero-order chi connectivity index (χ0) is 22.3. The van der Waals surface area contributed by atoms with Crippen molar-refractivity contribution in [2.75, 3.05) is 19.6 Å². The molecule has 2 aliphatic heterocycles. The molecule has 0 aliphatic carbocycles. The Hall–Kier alpha value is -2.18. The summed E-state index contributed by atoms with van der Waals surface area (Å²) in [6.07, 6.45) is 0.254. The quantitative estimate of drug-likeness (QED) is 0.626. The predicted molar refractivity (Wildman–Crippen MR) is 116 cm³/mol. The molecule has 2 aliphatic rings. The lowest BCUT2D eigenvalue weighted by Gasteiger charge is -2.36. The molecule has 2 aromatic rings. The maximum atomic E-state index is 13.6. The number of halogens is 4. The van der Waals surface area contributed by atoms with Gasteiger partial charge in [-0.25, -0.2) is 8.78 Å². The first-order valence-electron chi connectivity index (χ1n) is 10.2. The van der Waals surface area contributed by atoms with Crippen LogP contribution in [0.5, 0.6) is 0 Å². The Morgan fingerprint density at radius 3 is 2.42 bits per heavy atom. The van der Waals surface area contributed by atoms with Gasteiger partial charge in [0.1, 0.15) is 0 Å². The summed E-state index contributed by atoms with van der Waals surface area (Å²) in [6.45, 7) is 1.83. The molecule has 0 spiro atoms. The zero-order valence-corrected chi connectivity index (χ0v) is 18.5. The van der Waals surface area contributed by atoms with E-state index in [2.05, 4.69) is 0 Å². The lowest BCUT2D eigenvalue weighted by atomic mass is 9.89. The van der Waals surface area contributed by atoms with Gasteiger partial charge in [-0.05, 0) is 48.2 Å². The van der Waals surface area contributed by atoms with Gasteiger partial charge >= 0.3 is 0 Å². The van der Waals surface area contributed by atoms with Gasteiger partial charge in [0.25, 0.3) is 11.8 Å². The van der Waals surface area contributed by atoms with Gasteiger partial charge in [0, 0.05) is 35.1 Å². The van der Waals surface area contributed by atoms with Crippen molar-refractivity contribution in [2.45, 2.75) is 38.2 Å². The van der Waals surface area contributed by atoms with E-state index in [1.54, 1.807) is 35.2 Å². The third-order valence-corrected chi connectivity index (χ3v) is 6.84. The maximum Gasteiger partial charge on any atom is 0.267 e. The highest BCUT2D eigenvalue weighted by Gasteiger charge is 2.41. The first-order valence-corrected chi connectivity index (χ1v) is 10.9. The summed E-state index contributed by atoms with van der Waals surface area (Å²) in [4.78, 5) is 28.9. The first kappa shape index (κ1) is 22.0. The molecule has 2 aromatic carbocycles. The molecule has 8 heteroatoms. The van der Waals surface area contributed by atoms with Crippen molar-refractivity contribution in [2.24, 2.45) is 0 Å². The summed E-state index contributed by atoms with van der Waals surface area (Å²) >= 11 is 12.4. The van der Waals surface area contributed by atoms with Crippen LogP contribution in [-0.2, 0) is 17.6 Å². The number of alkyl halides is 2. The number of benzene rings is 2. The smallest absolute Gasteiger partial charge is 0.267 e. The summed E-state index contributed by atoms with van der Waals surface area (Å²) in [6, 6.07) is 10.2. The predicted octanol–water partition coefficient (Wildman–Crippen LogP) is 5.16. The van der Waals surface area contributed by atoms with E-state index in [-0.39, 0.29) is 37.2 Å². The third-order valence-electron chi connectivity index (χ3n) is 6.13. The molecule has 1 fully saturated rings. The van der Waals surface area contributed by atoms with Crippen LogP contribution in [0, 0.1) is 0 Å². The molecule has 0 N–H and O–H groups in total. The van der Waals surface area contributed by atoms with Crippen molar-refractivity contribution in [1.29, 1.82) is 0 Å². The third kappa shape index (κ3) is 4.28. The van der Waals surface area contributed by atoms with E-state index in [0.29, 0.717) is 34.1 Å². The van der Waals surface area contributed by atoms with Crippen molar-refractivity contribution < 1.29 is 18.4 Å². The Kier molecular flexibility index (Phi) is 5.97. The van der Waals surface area contributed by atoms with E-state index in [0.717, 1.165) is 11.1 Å². The lowest BCUT2D eigenvalue weighted by Crippen LogP contribution is -2.41. The summed E-state index contributed by atoms with van der Waals surface area (Å²) in [5.41, 5.74) is 2.73. The highest BCUT2D eigenvalue weighted by Crippen LogP contribution is 2.35. The van der Waals surface area contributed by atoms with Gasteiger partial charge in [0.15, 0.2) is 0 Å². The van der Waals surface area contributed by atoms with Crippen LogP contribution in [-0.4, -0.2) is 47.2 Å². The molecule has 4 nitrogen and oxygen atoms in total. The van der Waals surface area contributed by atoms with Crippen molar-refractivity contribution in [3.63, 3.8) is 0 Å². The molecule has 0 unspecified atom stereocenters. The van der Waals surface area contributed by atoms with E-state index in [1.165, 1.54) is 4.90 Å². The molecule has 2 amide bonds. The normalized spacial score (nSPS) is 20.0. The standard InChI is InChI=1S/C23H22Cl2F2N2O2/c1-14-15-4-2-5-17(22(31)28-11-9-23(26,27)13-28)16(15)8-10-29(14)21(30)12-18-19(24)6-3-7-20(18)25/h2-7,14H,8-13H2,1H3/t14-/m0/s1. The van der Waals surface area contributed by atoms with E-state index in [4.69, 9.17) is 23.2 Å². The van der Waals surface area contributed by atoms with Crippen LogP contribution in [0.2, 0.25) is 10.0 Å². The minimum atomic E-state index is -2.83. The van der Waals surface area contributed by atoms with E-state index >= 15 is 0 Å². The van der Waals surface area contributed by atoms with Crippen LogP contribution in [0.1, 0.15) is 46.4 Å². The SMILES string of the molecule is C[C@H]1c2cccc(C(=O)N3CCC(F)(F)C3)c2CCN1C(=O)Cc1c(Cl)cccc1Cl. The fourth-order valence-electron chi connectivity index (χ4n) is 4.44. The van der Waals surface area contributed by atoms with E-state index in [1.807, 2.05) is 13.0 Å². The van der Waals surface area contributed by atoms with Crippen molar-refractivity contribution in [3.05, 3.63) is 68.7 Å². The molecule has 0 bridgehead atoms. The number of carbonyl (C=O) groups is 2. The summed E-state index contributed by atoms with van der Waals surface area (Å²) in [5.74, 6) is -3.31. The molecule has 0 radical (unpaired) electrons. The van der Waals surface area contributed by atoms with Gasteiger partial charge in [-0.1, -0.05) is 41.4 Å². The molecule has 1 saturated heterocycles. The molecule has 1 atom stereocenters. The highest BCUT2D eigenvalue weighted by molar-refractivity contribution is 6.36. The monoisotopic (exact) mass is 466 g/mol. The Labute approximate surface area is 189 Å². The van der Waals surface area contributed by atoms with Gasteiger partial charge in [-0.3, -0.25) is 9.59 Å². The van der Waals surface area contributed by atoms with E-state index in [9.17, 15) is 18.4 Å². The van der Waals surface area contributed by atoms with Crippen LogP contribution in [0.15, 0.2) is 36.4 Å². The Bertz CT molecular complexity index is 1020. The zero-order valence-electron chi connectivity index (χ0n) is 17.0. The largest absolute Gasteiger partial charge is 0.335 e. The van der Waals surface area contributed by atoms with Crippen molar-refractivity contribution in [3.8, 4) is 0 Å². The van der Waals surface area contributed by atoms with Gasteiger partial charge in [-0.2, -0.15) is 0 Å². The van der Waals surface area contributed by atoms with Crippen LogP contribution in [0.3, 0.4) is 0 Å². The average Bonchev–Trinajstić information content (AvgIpc) is 3.10. The highest BCUT2D eigenvalue weighted by atomic mass is 35.5. The number of likely N-dealkylation sites (tertiary alicyclic amines) is 1. The minimum Gasteiger partial charge on any atom is -0.335 e. The molecule has 31 heavy (non-hydrogen) atoms.